The monoisotopic (exact) mass is 494 g/mol. The molecular formula is C30H30N4O3. The average molecular weight is 495 g/mol. The molecule has 0 radical (unpaired) electrons. The molecule has 37 heavy (non-hydrogen) atoms. The van der Waals surface area contributed by atoms with E-state index in [0.717, 1.165) is 24.8 Å². The lowest BCUT2D eigenvalue weighted by molar-refractivity contribution is 0.0500. The lowest BCUT2D eigenvalue weighted by Gasteiger charge is -2.39. The van der Waals surface area contributed by atoms with E-state index in [1.807, 2.05) is 77.5 Å². The molecule has 3 heterocycles. The minimum Gasteiger partial charge on any atom is -0.350 e. The number of carbonyl (C=O) groups is 2. The topological polar surface area (TPSA) is 79.5 Å². The van der Waals surface area contributed by atoms with Crippen molar-refractivity contribution in [1.82, 2.24) is 19.9 Å². The highest BCUT2D eigenvalue weighted by atomic mass is 16.5. The Morgan fingerprint density at radius 1 is 0.973 bits per heavy atom. The van der Waals surface area contributed by atoms with Crippen LogP contribution in [0.25, 0.3) is 11.3 Å². The number of amides is 2. The van der Waals surface area contributed by atoms with Gasteiger partial charge in [0.2, 0.25) is 5.76 Å². The molecule has 1 aliphatic heterocycles. The Morgan fingerprint density at radius 3 is 2.32 bits per heavy atom. The van der Waals surface area contributed by atoms with Crippen molar-refractivity contribution in [1.29, 1.82) is 0 Å². The molecule has 7 heteroatoms. The van der Waals surface area contributed by atoms with E-state index < -0.39 is 0 Å². The van der Waals surface area contributed by atoms with E-state index in [-0.39, 0.29) is 29.5 Å². The van der Waals surface area contributed by atoms with Gasteiger partial charge in [-0.2, -0.15) is 0 Å². The average Bonchev–Trinajstić information content (AvgIpc) is 3.47. The summed E-state index contributed by atoms with van der Waals surface area (Å²) in [5.74, 6) is 0.262. The SMILES string of the molecule is CN(C(=O)c1ccccn1)[C@H](Cc1ccccc1)C1CCN(C(=O)c2cc(-c3ccccc3)no2)CC1. The lowest BCUT2D eigenvalue weighted by Crippen LogP contribution is -2.48. The number of likely N-dealkylation sites (tertiary alicyclic amines) is 1. The highest BCUT2D eigenvalue weighted by Gasteiger charge is 2.34. The summed E-state index contributed by atoms with van der Waals surface area (Å²) >= 11 is 0. The van der Waals surface area contributed by atoms with Gasteiger partial charge >= 0.3 is 0 Å². The van der Waals surface area contributed by atoms with Gasteiger partial charge < -0.3 is 14.3 Å². The Bertz CT molecular complexity index is 1320. The zero-order chi connectivity index (χ0) is 25.6. The fourth-order valence-electron chi connectivity index (χ4n) is 5.06. The van der Waals surface area contributed by atoms with Crippen LogP contribution < -0.4 is 0 Å². The molecule has 7 nitrogen and oxygen atoms in total. The standard InChI is InChI=1S/C30H30N4O3/c1-33(29(35)25-14-8-9-17-31-25)27(20-22-10-4-2-5-11-22)24-15-18-34(19-16-24)30(36)28-21-26(32-37-28)23-12-6-3-7-13-23/h2-14,17,21,24,27H,15-16,18-20H2,1H3/t27-/m1/s1. The van der Waals surface area contributed by atoms with Crippen LogP contribution in [-0.2, 0) is 6.42 Å². The summed E-state index contributed by atoms with van der Waals surface area (Å²) in [6, 6.07) is 27.0. The third-order valence-corrected chi connectivity index (χ3v) is 7.15. The summed E-state index contributed by atoms with van der Waals surface area (Å²) in [5.41, 5.74) is 3.18. The van der Waals surface area contributed by atoms with Gasteiger partial charge in [0.25, 0.3) is 11.8 Å². The molecule has 2 aromatic heterocycles. The molecule has 0 bridgehead atoms. The van der Waals surface area contributed by atoms with Gasteiger partial charge in [0, 0.05) is 44.0 Å². The Kier molecular flexibility index (Phi) is 7.40. The number of likely N-dealkylation sites (N-methyl/N-ethyl adjacent to an activating group) is 1. The Morgan fingerprint density at radius 2 is 1.65 bits per heavy atom. The third kappa shape index (κ3) is 5.61. The van der Waals surface area contributed by atoms with E-state index in [4.69, 9.17) is 4.52 Å². The molecule has 2 amide bonds. The molecule has 4 aromatic rings. The smallest absolute Gasteiger partial charge is 0.292 e. The Labute approximate surface area is 216 Å². The van der Waals surface area contributed by atoms with Gasteiger partial charge in [-0.15, -0.1) is 0 Å². The second-order valence-electron chi connectivity index (χ2n) is 9.46. The summed E-state index contributed by atoms with van der Waals surface area (Å²) in [4.78, 5) is 34.4. The van der Waals surface area contributed by atoms with Gasteiger partial charge in [0.05, 0.1) is 0 Å². The number of piperidine rings is 1. The van der Waals surface area contributed by atoms with E-state index >= 15 is 0 Å². The molecule has 5 rings (SSSR count). The largest absolute Gasteiger partial charge is 0.350 e. The fraction of sp³-hybridized carbons (Fsp3) is 0.267. The normalized spacial score (nSPS) is 14.8. The number of hydrogen-bond donors (Lipinski definition) is 0. The summed E-state index contributed by atoms with van der Waals surface area (Å²) in [6.45, 7) is 1.20. The van der Waals surface area contributed by atoms with Crippen molar-refractivity contribution >= 4 is 11.8 Å². The molecule has 1 atom stereocenters. The third-order valence-electron chi connectivity index (χ3n) is 7.15. The number of nitrogens with zero attached hydrogens (tertiary/aromatic N) is 4. The van der Waals surface area contributed by atoms with Crippen molar-refractivity contribution in [2.75, 3.05) is 20.1 Å². The van der Waals surface area contributed by atoms with Crippen LogP contribution in [0.15, 0.2) is 95.6 Å². The van der Waals surface area contributed by atoms with E-state index in [0.29, 0.717) is 24.5 Å². The van der Waals surface area contributed by atoms with Gasteiger partial charge in [0.1, 0.15) is 11.4 Å². The van der Waals surface area contributed by atoms with Crippen LogP contribution in [0.1, 0.15) is 39.4 Å². The van der Waals surface area contributed by atoms with Crippen LogP contribution in [0.3, 0.4) is 0 Å². The first kappa shape index (κ1) is 24.4. The predicted octanol–water partition coefficient (Wildman–Crippen LogP) is 4.97. The van der Waals surface area contributed by atoms with Crippen LogP contribution in [0, 0.1) is 5.92 Å². The van der Waals surface area contributed by atoms with Crippen LogP contribution in [-0.4, -0.2) is 57.9 Å². The van der Waals surface area contributed by atoms with Crippen LogP contribution in [0.5, 0.6) is 0 Å². The summed E-state index contributed by atoms with van der Waals surface area (Å²) < 4.78 is 5.41. The lowest BCUT2D eigenvalue weighted by atomic mass is 9.84. The molecule has 188 valence electrons. The fourth-order valence-corrected chi connectivity index (χ4v) is 5.06. The van der Waals surface area contributed by atoms with Crippen molar-refractivity contribution in [2.24, 2.45) is 5.92 Å². The Balaban J connectivity index is 1.28. The molecule has 1 saturated heterocycles. The van der Waals surface area contributed by atoms with Crippen LogP contribution >= 0.6 is 0 Å². The molecule has 0 N–H and O–H groups in total. The minimum absolute atomic E-state index is 0.0101. The molecule has 0 saturated carbocycles. The first-order valence-electron chi connectivity index (χ1n) is 12.6. The molecule has 1 aliphatic rings. The molecule has 0 unspecified atom stereocenters. The van der Waals surface area contributed by atoms with Crippen molar-refractivity contribution in [3.05, 3.63) is 108 Å². The van der Waals surface area contributed by atoms with Crippen LogP contribution in [0.2, 0.25) is 0 Å². The zero-order valence-electron chi connectivity index (χ0n) is 20.9. The van der Waals surface area contributed by atoms with Crippen molar-refractivity contribution in [2.45, 2.75) is 25.3 Å². The van der Waals surface area contributed by atoms with Gasteiger partial charge in [-0.3, -0.25) is 14.6 Å². The van der Waals surface area contributed by atoms with Crippen molar-refractivity contribution < 1.29 is 14.1 Å². The van der Waals surface area contributed by atoms with E-state index in [1.54, 1.807) is 18.3 Å². The maximum absolute atomic E-state index is 13.3. The summed E-state index contributed by atoms with van der Waals surface area (Å²) in [7, 11) is 1.86. The first-order valence-corrected chi connectivity index (χ1v) is 12.6. The molecule has 0 aliphatic carbocycles. The first-order chi connectivity index (χ1) is 18.1. The maximum Gasteiger partial charge on any atom is 0.292 e. The second-order valence-corrected chi connectivity index (χ2v) is 9.46. The van der Waals surface area contributed by atoms with Crippen molar-refractivity contribution in [3.8, 4) is 11.3 Å². The molecule has 0 spiro atoms. The highest BCUT2D eigenvalue weighted by molar-refractivity contribution is 5.93. The van der Waals surface area contributed by atoms with Gasteiger partial charge in [0.15, 0.2) is 0 Å². The molecule has 1 fully saturated rings. The second kappa shape index (κ2) is 11.2. The van der Waals surface area contributed by atoms with E-state index in [2.05, 4.69) is 22.3 Å². The van der Waals surface area contributed by atoms with Gasteiger partial charge in [-0.05, 0) is 42.9 Å². The highest BCUT2D eigenvalue weighted by Crippen LogP contribution is 2.28. The number of hydrogen-bond acceptors (Lipinski definition) is 5. The zero-order valence-corrected chi connectivity index (χ0v) is 20.9. The van der Waals surface area contributed by atoms with E-state index in [9.17, 15) is 9.59 Å². The Hall–Kier alpha value is -4.26. The quantitative estimate of drug-likeness (QED) is 0.362. The van der Waals surface area contributed by atoms with Crippen LogP contribution in [0.4, 0.5) is 0 Å². The summed E-state index contributed by atoms with van der Waals surface area (Å²) in [6.07, 6.45) is 3.98. The summed E-state index contributed by atoms with van der Waals surface area (Å²) in [5, 5.41) is 4.09. The number of benzene rings is 2. The molecule has 2 aromatic carbocycles. The van der Waals surface area contributed by atoms with Gasteiger partial charge in [-0.1, -0.05) is 71.9 Å². The number of carbonyl (C=O) groups excluding carboxylic acids is 2. The van der Waals surface area contributed by atoms with E-state index in [1.165, 1.54) is 5.56 Å². The molecular weight excluding hydrogens is 464 g/mol. The predicted molar refractivity (Wildman–Crippen MR) is 141 cm³/mol. The van der Waals surface area contributed by atoms with Crippen molar-refractivity contribution in [3.63, 3.8) is 0 Å². The number of pyridine rings is 1. The minimum atomic E-state index is -0.148. The number of aromatic nitrogens is 2. The van der Waals surface area contributed by atoms with Gasteiger partial charge in [-0.25, -0.2) is 0 Å². The maximum atomic E-state index is 13.3. The number of rotatable bonds is 7.